The minimum atomic E-state index is -1.50. The summed E-state index contributed by atoms with van der Waals surface area (Å²) in [5, 5.41) is 46.5. The third-order valence-electron chi connectivity index (χ3n) is 10.9. The smallest absolute Gasteiger partial charge is 0.326 e. The summed E-state index contributed by atoms with van der Waals surface area (Å²) >= 11 is 0. The second kappa shape index (κ2) is 26.9. The molecule has 0 bridgehead atoms. The Kier molecular flexibility index (Phi) is 21.1. The average molecular weight is 885 g/mol. The molecule has 2 heterocycles. The van der Waals surface area contributed by atoms with Gasteiger partial charge in [0.2, 0.25) is 5.91 Å². The van der Waals surface area contributed by atoms with Gasteiger partial charge in [-0.1, -0.05) is 67.8 Å². The van der Waals surface area contributed by atoms with E-state index in [4.69, 9.17) is 15.1 Å². The topological polar surface area (TPSA) is 266 Å². The van der Waals surface area contributed by atoms with Crippen LogP contribution in [0.25, 0.3) is 21.8 Å². The van der Waals surface area contributed by atoms with Crippen molar-refractivity contribution in [2.45, 2.75) is 121 Å². The first-order valence-corrected chi connectivity index (χ1v) is 21.9. The van der Waals surface area contributed by atoms with Gasteiger partial charge in [0, 0.05) is 56.1 Å². The molecule has 2 aromatic heterocycles. The van der Waals surface area contributed by atoms with Gasteiger partial charge >= 0.3 is 29.9 Å². The number of amides is 3. The summed E-state index contributed by atoms with van der Waals surface area (Å²) in [6, 6.07) is 20.3. The van der Waals surface area contributed by atoms with E-state index in [1.165, 1.54) is 0 Å². The third kappa shape index (κ3) is 18.5. The number of hydrogen-bond donors (Lipinski definition) is 7. The van der Waals surface area contributed by atoms with Crippen molar-refractivity contribution < 1.29 is 54.0 Å². The van der Waals surface area contributed by atoms with Crippen molar-refractivity contribution in [2.24, 2.45) is 5.92 Å². The van der Waals surface area contributed by atoms with Gasteiger partial charge in [-0.25, -0.2) is 14.4 Å². The molecule has 344 valence electrons. The number of aromatic nitrogens is 2. The number of aliphatic carboxylic acids is 4. The molecule has 3 atom stereocenters. The van der Waals surface area contributed by atoms with E-state index in [9.17, 15) is 48.9 Å². The molecule has 17 heteroatoms. The zero-order valence-corrected chi connectivity index (χ0v) is 36.1. The number of urea groups is 1. The number of carbonyl (C=O) groups is 7. The van der Waals surface area contributed by atoms with E-state index >= 15 is 0 Å². The van der Waals surface area contributed by atoms with E-state index in [1.54, 1.807) is 0 Å². The number of benzene rings is 2. The molecule has 0 aliphatic carbocycles. The molecular formula is C47H60N6O11. The SMILES string of the molecule is O=C(O)CC[C@H](NC(=O)N[C@@H](CCCCNC(=O)CCCCCCC(=O)C[C@@H](CCCCN(Cc1ccc2ccccc2n1)Cc1ccc2ccccc2n1)C(=O)O)C(=O)O)C(=O)O. The molecule has 0 saturated carbocycles. The van der Waals surface area contributed by atoms with Crippen molar-refractivity contribution >= 4 is 63.4 Å². The first kappa shape index (κ1) is 50.2. The van der Waals surface area contributed by atoms with Crippen LogP contribution < -0.4 is 16.0 Å². The maximum Gasteiger partial charge on any atom is 0.326 e. The van der Waals surface area contributed by atoms with Crippen LogP contribution in [0.5, 0.6) is 0 Å². The largest absolute Gasteiger partial charge is 0.481 e. The Morgan fingerprint density at radius 1 is 0.547 bits per heavy atom. The minimum absolute atomic E-state index is 0.0142. The molecule has 17 nitrogen and oxygen atoms in total. The lowest BCUT2D eigenvalue weighted by Crippen LogP contribution is -2.51. The number of ketones is 1. The molecule has 4 aromatic rings. The predicted molar refractivity (Wildman–Crippen MR) is 238 cm³/mol. The fourth-order valence-electron chi connectivity index (χ4n) is 7.37. The minimum Gasteiger partial charge on any atom is -0.481 e. The van der Waals surface area contributed by atoms with Crippen LogP contribution in [0.15, 0.2) is 72.8 Å². The fraction of sp³-hybridized carbons (Fsp3) is 0.468. The summed E-state index contributed by atoms with van der Waals surface area (Å²) in [4.78, 5) is 95.0. The number of carboxylic acids is 4. The standard InChI is InChI=1S/C47H60N6O11/c54-37(16-3-1-2-4-20-42(55)48-27-11-9-19-40(45(60)61)51-47(64)52-41(46(62)63)25-26-43(56)57)29-34(44(58)59)15-10-12-28-53(30-35-23-21-32-13-5-7-17-38(32)49-35)31-36-24-22-33-14-6-8-18-39(33)50-36/h5-8,13-14,17-18,21-24,34,40-41H,1-4,9-12,15-16,19-20,25-31H2,(H,48,55)(H,56,57)(H,58,59)(H,60,61)(H,62,63)(H2,51,52,64)/t34-,40+,41+/m1/s1. The summed E-state index contributed by atoms with van der Waals surface area (Å²) in [5.41, 5.74) is 3.72. The summed E-state index contributed by atoms with van der Waals surface area (Å²) in [6.07, 6.45) is 4.89. The molecule has 0 unspecified atom stereocenters. The number of nitrogens with zero attached hydrogens (tertiary/aromatic N) is 3. The number of hydrogen-bond acceptors (Lipinski definition) is 10. The van der Waals surface area contributed by atoms with Crippen molar-refractivity contribution in [2.75, 3.05) is 13.1 Å². The van der Waals surface area contributed by atoms with Crippen LogP contribution in [0.4, 0.5) is 4.79 Å². The van der Waals surface area contributed by atoms with Gasteiger partial charge in [-0.3, -0.25) is 34.0 Å². The number of carbonyl (C=O) groups excluding carboxylic acids is 3. The zero-order chi connectivity index (χ0) is 46.3. The predicted octanol–water partition coefficient (Wildman–Crippen LogP) is 6.31. The molecular weight excluding hydrogens is 825 g/mol. The van der Waals surface area contributed by atoms with Crippen molar-refractivity contribution in [1.29, 1.82) is 0 Å². The van der Waals surface area contributed by atoms with Gasteiger partial charge in [0.15, 0.2) is 0 Å². The highest BCUT2D eigenvalue weighted by Crippen LogP contribution is 2.20. The highest BCUT2D eigenvalue weighted by atomic mass is 16.4. The van der Waals surface area contributed by atoms with Gasteiger partial charge in [0.25, 0.3) is 0 Å². The van der Waals surface area contributed by atoms with E-state index in [1.807, 2.05) is 60.7 Å². The Hall–Kier alpha value is -6.49. The first-order valence-electron chi connectivity index (χ1n) is 21.9. The molecule has 2 aromatic carbocycles. The molecule has 0 aliphatic rings. The second-order valence-electron chi connectivity index (χ2n) is 16.1. The summed E-state index contributed by atoms with van der Waals surface area (Å²) < 4.78 is 0. The van der Waals surface area contributed by atoms with Gasteiger partial charge in [-0.15, -0.1) is 0 Å². The van der Waals surface area contributed by atoms with E-state index in [0.717, 1.165) is 46.0 Å². The van der Waals surface area contributed by atoms with Gasteiger partial charge in [-0.05, 0) is 82.2 Å². The Morgan fingerprint density at radius 2 is 1.09 bits per heavy atom. The molecule has 0 radical (unpaired) electrons. The monoisotopic (exact) mass is 884 g/mol. The summed E-state index contributed by atoms with van der Waals surface area (Å²) in [7, 11) is 0. The number of fused-ring (bicyclic) bond motifs is 2. The van der Waals surface area contributed by atoms with Crippen LogP contribution in [0.3, 0.4) is 0 Å². The number of Topliss-reactive ketones (excluding diaryl/α,β-unsaturated/α-hetero) is 1. The zero-order valence-electron chi connectivity index (χ0n) is 36.1. The highest BCUT2D eigenvalue weighted by molar-refractivity contribution is 5.86. The molecule has 0 saturated heterocycles. The number of rotatable bonds is 31. The Labute approximate surface area is 372 Å². The lowest BCUT2D eigenvalue weighted by atomic mass is 9.94. The van der Waals surface area contributed by atoms with Crippen molar-refractivity contribution in [3.63, 3.8) is 0 Å². The van der Waals surface area contributed by atoms with E-state index < -0.39 is 54.3 Å². The van der Waals surface area contributed by atoms with Gasteiger partial charge in [0.05, 0.1) is 28.3 Å². The molecule has 64 heavy (non-hydrogen) atoms. The van der Waals surface area contributed by atoms with E-state index in [2.05, 4.69) is 33.0 Å². The van der Waals surface area contributed by atoms with Gasteiger partial charge in [-0.2, -0.15) is 0 Å². The number of pyridine rings is 2. The summed E-state index contributed by atoms with van der Waals surface area (Å²) in [6.45, 7) is 2.20. The van der Waals surface area contributed by atoms with Crippen molar-refractivity contribution in [1.82, 2.24) is 30.8 Å². The molecule has 0 fully saturated rings. The lowest BCUT2D eigenvalue weighted by molar-refractivity contribution is -0.144. The van der Waals surface area contributed by atoms with Crippen LogP contribution in [0.2, 0.25) is 0 Å². The van der Waals surface area contributed by atoms with Crippen LogP contribution in [-0.2, 0) is 41.9 Å². The summed E-state index contributed by atoms with van der Waals surface area (Å²) in [5.74, 6) is -6.00. The second-order valence-corrected chi connectivity index (χ2v) is 16.1. The molecule has 0 spiro atoms. The normalized spacial score (nSPS) is 12.6. The van der Waals surface area contributed by atoms with Crippen LogP contribution in [-0.4, -0.2) is 102 Å². The van der Waals surface area contributed by atoms with Gasteiger partial charge < -0.3 is 36.4 Å². The lowest BCUT2D eigenvalue weighted by Gasteiger charge is -2.22. The van der Waals surface area contributed by atoms with Crippen LogP contribution in [0.1, 0.15) is 108 Å². The average Bonchev–Trinajstić information content (AvgIpc) is 3.26. The maximum atomic E-state index is 12.8. The number of nitrogens with one attached hydrogen (secondary N) is 3. The van der Waals surface area contributed by atoms with Gasteiger partial charge in [0.1, 0.15) is 17.9 Å². The third-order valence-corrected chi connectivity index (χ3v) is 10.9. The Morgan fingerprint density at radius 3 is 1.66 bits per heavy atom. The van der Waals surface area contributed by atoms with Crippen LogP contribution >= 0.6 is 0 Å². The van der Waals surface area contributed by atoms with E-state index in [0.29, 0.717) is 64.6 Å². The van der Waals surface area contributed by atoms with Crippen LogP contribution in [0, 0.1) is 5.92 Å². The quantitative estimate of drug-likeness (QED) is 0.0273. The number of para-hydroxylation sites is 2. The maximum absolute atomic E-state index is 12.8. The Bertz CT molecular complexity index is 2120. The highest BCUT2D eigenvalue weighted by Gasteiger charge is 2.25. The molecule has 4 rings (SSSR count). The molecule has 7 N–H and O–H groups in total. The Balaban J connectivity index is 1.09. The molecule has 3 amide bonds. The number of unbranched alkanes of at least 4 members (excludes halogenated alkanes) is 5. The van der Waals surface area contributed by atoms with E-state index in [-0.39, 0.29) is 50.3 Å². The number of carboxylic acid groups (broad SMARTS) is 4. The fourth-order valence-corrected chi connectivity index (χ4v) is 7.37. The first-order chi connectivity index (χ1) is 30.8. The molecule has 0 aliphatic heterocycles. The van der Waals surface area contributed by atoms with Crippen molar-refractivity contribution in [3.8, 4) is 0 Å². The van der Waals surface area contributed by atoms with Crippen molar-refractivity contribution in [3.05, 3.63) is 84.2 Å².